The zero-order valence-corrected chi connectivity index (χ0v) is 13.1. The van der Waals surface area contributed by atoms with Crippen LogP contribution >= 0.6 is 27.5 Å². The van der Waals surface area contributed by atoms with Gasteiger partial charge < -0.3 is 5.73 Å². The van der Waals surface area contributed by atoms with Crippen molar-refractivity contribution in [3.8, 4) is 11.3 Å². The van der Waals surface area contributed by atoms with Gasteiger partial charge in [-0.3, -0.25) is 9.48 Å². The summed E-state index contributed by atoms with van der Waals surface area (Å²) in [6.07, 6.45) is -4.69. The van der Waals surface area contributed by atoms with E-state index in [1.807, 2.05) is 0 Å². The van der Waals surface area contributed by atoms with E-state index in [0.717, 1.165) is 19.2 Å². The molecule has 1 aromatic heterocycles. The molecule has 118 valence electrons. The summed E-state index contributed by atoms with van der Waals surface area (Å²) in [5.41, 5.74) is 3.15. The molecule has 10 heteroatoms. The maximum atomic E-state index is 14.0. The number of hydrogen-bond donors (Lipinski definition) is 1. The molecule has 1 amide bonds. The Bertz CT molecular complexity index is 773. The van der Waals surface area contributed by atoms with Crippen molar-refractivity contribution in [3.05, 3.63) is 38.7 Å². The number of carbonyl (C=O) groups is 1. The first-order valence-electron chi connectivity index (χ1n) is 5.63. The number of amides is 1. The Morgan fingerprint density at radius 2 is 2.05 bits per heavy atom. The fourth-order valence-electron chi connectivity index (χ4n) is 1.90. The van der Waals surface area contributed by atoms with Crippen LogP contribution in [0, 0.1) is 5.82 Å². The fraction of sp³-hybridized carbons (Fsp3) is 0.167. The molecule has 1 aromatic carbocycles. The molecular weight excluding hydrogens is 405 g/mol. The van der Waals surface area contributed by atoms with Crippen molar-refractivity contribution < 1.29 is 22.4 Å². The smallest absolute Gasteiger partial charge is 0.366 e. The van der Waals surface area contributed by atoms with Crippen LogP contribution in [0.3, 0.4) is 0 Å². The summed E-state index contributed by atoms with van der Waals surface area (Å²) in [5.74, 6) is -1.86. The van der Waals surface area contributed by atoms with Crippen molar-refractivity contribution in [1.82, 2.24) is 9.78 Å². The summed E-state index contributed by atoms with van der Waals surface area (Å²) >= 11 is 8.44. The molecule has 0 unspecified atom stereocenters. The van der Waals surface area contributed by atoms with Gasteiger partial charge in [-0.25, -0.2) is 4.39 Å². The van der Waals surface area contributed by atoms with Gasteiger partial charge in [-0.2, -0.15) is 18.3 Å². The van der Waals surface area contributed by atoms with E-state index in [9.17, 15) is 22.4 Å². The minimum absolute atomic E-state index is 0.218. The van der Waals surface area contributed by atoms with Crippen molar-refractivity contribution in [2.45, 2.75) is 6.18 Å². The predicted octanol–water partition coefficient (Wildman–Crippen LogP) is 3.76. The molecule has 0 aliphatic rings. The van der Waals surface area contributed by atoms with Crippen LogP contribution in [0.25, 0.3) is 11.3 Å². The Morgan fingerprint density at radius 3 is 2.50 bits per heavy atom. The molecule has 0 aliphatic carbocycles. The molecule has 2 aromatic rings. The van der Waals surface area contributed by atoms with E-state index < -0.39 is 28.1 Å². The van der Waals surface area contributed by atoms with Crippen LogP contribution in [-0.4, -0.2) is 15.7 Å². The molecule has 0 atom stereocenters. The van der Waals surface area contributed by atoms with Crippen LogP contribution in [0.4, 0.5) is 17.6 Å². The third kappa shape index (κ3) is 2.82. The summed E-state index contributed by atoms with van der Waals surface area (Å²) in [6, 6.07) is 1.76. The maximum absolute atomic E-state index is 14.0. The van der Waals surface area contributed by atoms with Gasteiger partial charge in [-0.1, -0.05) is 11.6 Å². The zero-order valence-electron chi connectivity index (χ0n) is 10.8. The maximum Gasteiger partial charge on any atom is 0.434 e. The number of aromatic nitrogens is 2. The van der Waals surface area contributed by atoms with Crippen molar-refractivity contribution in [2.24, 2.45) is 12.8 Å². The summed E-state index contributed by atoms with van der Waals surface area (Å²) in [5, 5.41) is 3.41. The second kappa shape index (κ2) is 5.54. The second-order valence-corrected chi connectivity index (χ2v) is 5.51. The lowest BCUT2D eigenvalue weighted by atomic mass is 10.4. The van der Waals surface area contributed by atoms with Gasteiger partial charge >= 0.3 is 6.18 Å². The normalized spacial score (nSPS) is 11.8. The van der Waals surface area contributed by atoms with E-state index >= 15 is 0 Å². The Balaban J connectivity index is 2.73. The second-order valence-electron chi connectivity index (χ2n) is 4.31. The standard InChI is InChI=1S/C12H7BrClF4N3O/c1-21-10(12(16,17)18)8(13)9(20-21)5-2-4(11(19)22)6(14)3-7(5)15/h2-3H,1H3,(H2,19,22)/i2+2,3+2,4+2,5+2,6+2,7+2. The molecule has 0 saturated carbocycles. The number of primary amides is 1. The number of nitrogens with zero attached hydrogens (tertiary/aromatic N) is 2. The summed E-state index contributed by atoms with van der Waals surface area (Å²) < 4.78 is 52.9. The third-order valence-electron chi connectivity index (χ3n) is 2.84. The summed E-state index contributed by atoms with van der Waals surface area (Å²) in [6.45, 7) is 0. The predicted molar refractivity (Wildman–Crippen MR) is 74.8 cm³/mol. The molecule has 0 saturated heterocycles. The largest absolute Gasteiger partial charge is 0.434 e. The molecule has 2 N–H and O–H groups in total. The van der Waals surface area contributed by atoms with E-state index in [4.69, 9.17) is 17.3 Å². The van der Waals surface area contributed by atoms with Gasteiger partial charge in [0.2, 0.25) is 5.91 Å². The lowest BCUT2D eigenvalue weighted by molar-refractivity contribution is -0.144. The number of halogens is 6. The van der Waals surface area contributed by atoms with Crippen molar-refractivity contribution in [3.63, 3.8) is 0 Å². The monoisotopic (exact) mass is 411 g/mol. The van der Waals surface area contributed by atoms with Gasteiger partial charge in [0.1, 0.15) is 11.5 Å². The topological polar surface area (TPSA) is 60.9 Å². The Morgan fingerprint density at radius 1 is 1.45 bits per heavy atom. The average Bonchev–Trinajstić information content (AvgIpc) is 2.63. The molecular formula is C12H7BrClF4N3O. The van der Waals surface area contributed by atoms with Gasteiger partial charge in [0.05, 0.1) is 15.1 Å². The summed E-state index contributed by atoms with van der Waals surface area (Å²) in [7, 11) is 1.07. The van der Waals surface area contributed by atoms with Gasteiger partial charge in [0.25, 0.3) is 0 Å². The first-order valence-corrected chi connectivity index (χ1v) is 6.80. The molecule has 4 nitrogen and oxygen atoms in total. The molecule has 2 rings (SSSR count). The van der Waals surface area contributed by atoms with Gasteiger partial charge in [-0.05, 0) is 28.1 Å². The molecule has 1 heterocycles. The van der Waals surface area contributed by atoms with Crippen LogP contribution in [0.1, 0.15) is 16.1 Å². The SMILES string of the molecule is Cn1nc(-[14c]2[14cH][14c](C(N)=O)[14c](Cl)[14cH][14c]2F)c(Br)c1C(F)(F)F. The Labute approximate surface area is 135 Å². The molecule has 0 fully saturated rings. The third-order valence-corrected chi connectivity index (χ3v) is 3.90. The summed E-state index contributed by atoms with van der Waals surface area (Å²) in [4.78, 5) is 11.2. The lowest BCUT2D eigenvalue weighted by Crippen LogP contribution is -2.12. The highest BCUT2D eigenvalue weighted by Gasteiger charge is 2.39. The number of aryl methyl sites for hydroxylation is 1. The molecule has 22 heavy (non-hydrogen) atoms. The van der Waals surface area contributed by atoms with Crippen LogP contribution in [0.2, 0.25) is 5.02 Å². The first-order chi connectivity index (χ1) is 10.0. The number of rotatable bonds is 2. The van der Waals surface area contributed by atoms with E-state index in [1.165, 1.54) is 0 Å². The van der Waals surface area contributed by atoms with Crippen LogP contribution in [0.15, 0.2) is 16.6 Å². The zero-order chi connectivity index (χ0) is 16.8. The van der Waals surface area contributed by atoms with E-state index in [-0.39, 0.29) is 21.8 Å². The molecule has 0 bridgehead atoms. The van der Waals surface area contributed by atoms with E-state index in [0.29, 0.717) is 4.68 Å². The minimum atomic E-state index is -4.69. The highest BCUT2D eigenvalue weighted by atomic mass is 79.9. The fourth-order valence-corrected chi connectivity index (χ4v) is 2.92. The molecule has 0 spiro atoms. The van der Waals surface area contributed by atoms with Crippen LogP contribution < -0.4 is 5.73 Å². The number of hydrogen-bond acceptors (Lipinski definition) is 2. The van der Waals surface area contributed by atoms with Crippen molar-refractivity contribution in [2.75, 3.05) is 0 Å². The van der Waals surface area contributed by atoms with Gasteiger partial charge in [0, 0.05) is 12.6 Å². The van der Waals surface area contributed by atoms with Crippen LogP contribution in [-0.2, 0) is 13.2 Å². The van der Waals surface area contributed by atoms with Crippen molar-refractivity contribution >= 4 is 33.4 Å². The number of carbonyl (C=O) groups excluding carboxylic acids is 1. The van der Waals surface area contributed by atoms with E-state index in [2.05, 4.69) is 21.0 Å². The average molecular weight is 413 g/mol. The van der Waals surface area contributed by atoms with Crippen LogP contribution in [0.5, 0.6) is 0 Å². The number of alkyl halides is 3. The van der Waals surface area contributed by atoms with Gasteiger partial charge in [0.15, 0.2) is 5.69 Å². The first kappa shape index (κ1) is 16.8. The number of benzene rings is 1. The number of nitrogens with two attached hydrogens (primary N) is 1. The van der Waals surface area contributed by atoms with E-state index in [1.54, 1.807) is 0 Å². The lowest BCUT2D eigenvalue weighted by Gasteiger charge is -2.07. The highest BCUT2D eigenvalue weighted by Crippen LogP contribution is 2.40. The molecule has 0 aliphatic heterocycles. The quantitative estimate of drug-likeness (QED) is 0.764. The Hall–Kier alpha value is -1.61. The van der Waals surface area contributed by atoms with Crippen molar-refractivity contribution in [1.29, 1.82) is 0 Å². The Kier molecular flexibility index (Phi) is 4.22. The van der Waals surface area contributed by atoms with Gasteiger partial charge in [-0.15, -0.1) is 0 Å². The minimum Gasteiger partial charge on any atom is -0.366 e. The highest BCUT2D eigenvalue weighted by molar-refractivity contribution is 9.10. The molecule has 0 radical (unpaired) electrons.